The molecule has 0 aliphatic carbocycles. The SMILES string of the molecule is O=C(C1=CC(c2coc3ccccc3c2=O)CC(OCCCCO)O1)N1CCC(n2c(=O)[nH]c3ccccc32)CC1. The second-order valence-corrected chi connectivity index (χ2v) is 10.6. The zero-order valence-electron chi connectivity index (χ0n) is 22.7. The third-order valence-corrected chi connectivity index (χ3v) is 7.97. The van der Waals surface area contributed by atoms with Gasteiger partial charge in [0.2, 0.25) is 6.29 Å². The van der Waals surface area contributed by atoms with Crippen molar-refractivity contribution in [3.05, 3.63) is 92.9 Å². The van der Waals surface area contributed by atoms with Crippen LogP contribution in [0.5, 0.6) is 0 Å². The van der Waals surface area contributed by atoms with Gasteiger partial charge in [-0.15, -0.1) is 0 Å². The molecule has 1 fully saturated rings. The fraction of sp³-hybridized carbons (Fsp3) is 0.387. The highest BCUT2D eigenvalue weighted by molar-refractivity contribution is 5.92. The van der Waals surface area contributed by atoms with Gasteiger partial charge < -0.3 is 28.9 Å². The number of aromatic nitrogens is 2. The lowest BCUT2D eigenvalue weighted by molar-refractivity contribution is -0.153. The fourth-order valence-electron chi connectivity index (χ4n) is 5.82. The number of fused-ring (bicyclic) bond motifs is 2. The number of carbonyl (C=O) groups is 1. The average molecular weight is 560 g/mol. The molecule has 4 aromatic rings. The Labute approximate surface area is 235 Å². The predicted molar refractivity (Wildman–Crippen MR) is 152 cm³/mol. The molecule has 2 N–H and O–H groups in total. The summed E-state index contributed by atoms with van der Waals surface area (Å²) in [5.41, 5.74) is 2.31. The number of likely N-dealkylation sites (tertiary alicyclic amines) is 1. The summed E-state index contributed by atoms with van der Waals surface area (Å²) in [6, 6.07) is 14.7. The fourth-order valence-corrected chi connectivity index (χ4v) is 5.82. The number of nitrogens with zero attached hydrogens (tertiary/aromatic N) is 2. The Morgan fingerprint density at radius 1 is 1.05 bits per heavy atom. The molecular weight excluding hydrogens is 526 g/mol. The Morgan fingerprint density at radius 3 is 2.66 bits per heavy atom. The average Bonchev–Trinajstić information content (AvgIpc) is 3.35. The number of amides is 1. The molecule has 1 amide bonds. The molecule has 0 bridgehead atoms. The maximum absolute atomic E-state index is 13.7. The van der Waals surface area contributed by atoms with E-state index in [1.807, 2.05) is 30.3 Å². The summed E-state index contributed by atoms with van der Waals surface area (Å²) in [5, 5.41) is 9.58. The van der Waals surface area contributed by atoms with Gasteiger partial charge in [-0.05, 0) is 56.0 Å². The minimum absolute atomic E-state index is 0.0264. The first-order valence-electron chi connectivity index (χ1n) is 14.1. The molecule has 2 atom stereocenters. The summed E-state index contributed by atoms with van der Waals surface area (Å²) in [7, 11) is 0. The van der Waals surface area contributed by atoms with Gasteiger partial charge in [0, 0.05) is 43.6 Å². The van der Waals surface area contributed by atoms with E-state index in [0.29, 0.717) is 68.3 Å². The number of aliphatic hydroxyl groups excluding tert-OH is 1. The van der Waals surface area contributed by atoms with Crippen molar-refractivity contribution < 1.29 is 23.8 Å². The number of para-hydroxylation sites is 3. The number of allylic oxidation sites excluding steroid dienone is 1. The molecule has 2 aliphatic rings. The zero-order chi connectivity index (χ0) is 28.3. The predicted octanol–water partition coefficient (Wildman–Crippen LogP) is 3.80. The molecule has 2 aromatic heterocycles. The second kappa shape index (κ2) is 11.8. The first-order valence-corrected chi connectivity index (χ1v) is 14.1. The van der Waals surface area contributed by atoms with Crippen LogP contribution in [0.4, 0.5) is 0 Å². The van der Waals surface area contributed by atoms with E-state index in [9.17, 15) is 14.4 Å². The molecule has 10 nitrogen and oxygen atoms in total. The molecule has 41 heavy (non-hydrogen) atoms. The third kappa shape index (κ3) is 5.45. The molecule has 2 aromatic carbocycles. The monoisotopic (exact) mass is 559 g/mol. The molecule has 1 saturated heterocycles. The Kier molecular flexibility index (Phi) is 7.76. The normalized spacial score (nSPS) is 19.8. The third-order valence-electron chi connectivity index (χ3n) is 7.97. The Balaban J connectivity index is 1.22. The van der Waals surface area contributed by atoms with E-state index in [1.165, 1.54) is 6.26 Å². The number of ether oxygens (including phenoxy) is 2. The molecule has 2 aliphatic heterocycles. The number of aromatic amines is 1. The minimum Gasteiger partial charge on any atom is -0.464 e. The van der Waals surface area contributed by atoms with Crippen molar-refractivity contribution in [1.82, 2.24) is 14.5 Å². The van der Waals surface area contributed by atoms with Crippen LogP contribution in [0.25, 0.3) is 22.0 Å². The van der Waals surface area contributed by atoms with Crippen LogP contribution in [0, 0.1) is 0 Å². The van der Waals surface area contributed by atoms with Crippen molar-refractivity contribution in [1.29, 1.82) is 0 Å². The lowest BCUT2D eigenvalue weighted by Crippen LogP contribution is -2.42. The van der Waals surface area contributed by atoms with Crippen molar-refractivity contribution in [2.75, 3.05) is 26.3 Å². The van der Waals surface area contributed by atoms with E-state index in [-0.39, 0.29) is 35.4 Å². The summed E-state index contributed by atoms with van der Waals surface area (Å²) in [4.78, 5) is 44.4. The lowest BCUT2D eigenvalue weighted by atomic mass is 9.93. The van der Waals surface area contributed by atoms with Gasteiger partial charge in [0.25, 0.3) is 5.91 Å². The number of imidazole rings is 1. The quantitative estimate of drug-likeness (QED) is 0.315. The van der Waals surface area contributed by atoms with Gasteiger partial charge in [-0.25, -0.2) is 4.79 Å². The van der Waals surface area contributed by atoms with Crippen LogP contribution >= 0.6 is 0 Å². The van der Waals surface area contributed by atoms with Gasteiger partial charge >= 0.3 is 5.69 Å². The lowest BCUT2D eigenvalue weighted by Gasteiger charge is -2.35. The van der Waals surface area contributed by atoms with E-state index < -0.39 is 12.2 Å². The summed E-state index contributed by atoms with van der Waals surface area (Å²) in [6.45, 7) is 1.35. The van der Waals surface area contributed by atoms with Crippen molar-refractivity contribution in [3.8, 4) is 0 Å². The van der Waals surface area contributed by atoms with Crippen molar-refractivity contribution in [3.63, 3.8) is 0 Å². The van der Waals surface area contributed by atoms with Crippen molar-refractivity contribution >= 4 is 27.9 Å². The number of piperidine rings is 1. The highest BCUT2D eigenvalue weighted by Gasteiger charge is 2.34. The maximum atomic E-state index is 13.7. The second-order valence-electron chi connectivity index (χ2n) is 10.6. The largest absolute Gasteiger partial charge is 0.464 e. The zero-order valence-corrected chi connectivity index (χ0v) is 22.7. The van der Waals surface area contributed by atoms with Crippen LogP contribution in [0.3, 0.4) is 0 Å². The van der Waals surface area contributed by atoms with Gasteiger partial charge in [-0.3, -0.25) is 14.2 Å². The Morgan fingerprint density at radius 2 is 1.83 bits per heavy atom. The molecule has 10 heteroatoms. The van der Waals surface area contributed by atoms with Gasteiger partial charge in [0.05, 0.1) is 29.3 Å². The van der Waals surface area contributed by atoms with E-state index in [0.717, 1.165) is 11.0 Å². The van der Waals surface area contributed by atoms with Crippen molar-refractivity contribution in [2.45, 2.75) is 50.4 Å². The Bertz CT molecular complexity index is 1690. The number of H-pyrrole nitrogens is 1. The minimum atomic E-state index is -0.726. The number of aliphatic hydroxyl groups is 1. The van der Waals surface area contributed by atoms with Crippen LogP contribution in [0.15, 0.2) is 80.6 Å². The molecule has 0 radical (unpaired) electrons. The molecule has 0 spiro atoms. The van der Waals surface area contributed by atoms with E-state index in [2.05, 4.69) is 4.98 Å². The number of hydrogen-bond donors (Lipinski definition) is 2. The van der Waals surface area contributed by atoms with E-state index in [1.54, 1.807) is 33.7 Å². The first kappa shape index (κ1) is 27.0. The topological polar surface area (TPSA) is 127 Å². The Hall–Kier alpha value is -4.15. The molecular formula is C31H33N3O7. The van der Waals surface area contributed by atoms with Gasteiger partial charge in [0.15, 0.2) is 11.2 Å². The van der Waals surface area contributed by atoms with Gasteiger partial charge in [-0.1, -0.05) is 24.3 Å². The highest BCUT2D eigenvalue weighted by Crippen LogP contribution is 2.33. The number of rotatable bonds is 8. The molecule has 0 saturated carbocycles. The summed E-state index contributed by atoms with van der Waals surface area (Å²) in [5.74, 6) is -0.564. The van der Waals surface area contributed by atoms with Gasteiger partial charge in [0.1, 0.15) is 5.58 Å². The standard InChI is InChI=1S/C31H33N3O7/c35-15-5-6-16-39-28-18-20(23-19-40-26-10-4-1-7-22(26)29(23)36)17-27(41-28)30(37)33-13-11-21(12-14-33)34-25-9-3-2-8-24(25)32-31(34)38/h1-4,7-10,17,19-21,28,35H,5-6,11-16,18H2,(H,32,38). The van der Waals surface area contributed by atoms with Crippen LogP contribution < -0.4 is 11.1 Å². The van der Waals surface area contributed by atoms with Crippen LogP contribution in [0.1, 0.15) is 49.6 Å². The summed E-state index contributed by atoms with van der Waals surface area (Å²) >= 11 is 0. The van der Waals surface area contributed by atoms with E-state index in [4.69, 9.17) is 19.0 Å². The maximum Gasteiger partial charge on any atom is 0.326 e. The van der Waals surface area contributed by atoms with Crippen LogP contribution in [-0.4, -0.2) is 58.1 Å². The number of unbranched alkanes of at least 4 members (excludes halogenated alkanes) is 1. The van der Waals surface area contributed by atoms with Crippen LogP contribution in [-0.2, 0) is 14.3 Å². The number of carbonyl (C=O) groups excluding carboxylic acids is 1. The smallest absolute Gasteiger partial charge is 0.326 e. The summed E-state index contributed by atoms with van der Waals surface area (Å²) < 4.78 is 19.5. The number of hydrogen-bond acceptors (Lipinski definition) is 7. The highest BCUT2D eigenvalue weighted by atomic mass is 16.7. The van der Waals surface area contributed by atoms with E-state index >= 15 is 0 Å². The molecule has 4 heterocycles. The number of benzene rings is 2. The van der Waals surface area contributed by atoms with Crippen LogP contribution in [0.2, 0.25) is 0 Å². The molecule has 2 unspecified atom stereocenters. The van der Waals surface area contributed by atoms with Gasteiger partial charge in [-0.2, -0.15) is 0 Å². The molecule has 214 valence electrons. The van der Waals surface area contributed by atoms with Crippen molar-refractivity contribution in [2.24, 2.45) is 0 Å². The molecule has 6 rings (SSSR count). The summed E-state index contributed by atoms with van der Waals surface area (Å²) in [6.07, 6.45) is 5.28. The first-order chi connectivity index (χ1) is 20.0. The number of nitrogens with one attached hydrogen (secondary N) is 1.